The van der Waals surface area contributed by atoms with E-state index < -0.39 is 0 Å². The van der Waals surface area contributed by atoms with E-state index in [0.29, 0.717) is 11.2 Å². The van der Waals surface area contributed by atoms with Gasteiger partial charge in [0.2, 0.25) is 0 Å². The Morgan fingerprint density at radius 2 is 2.36 bits per heavy atom. The Morgan fingerprint density at radius 3 is 2.93 bits per heavy atom. The standard InChI is InChI=1S/C9H13ClN4/c10-9-2-1-8(12-13-9)6-14-4-3-7(11)5-14/h1-2,7H,3-6,11H2. The first-order valence-corrected chi connectivity index (χ1v) is 5.08. The largest absolute Gasteiger partial charge is 0.326 e. The molecule has 1 aliphatic heterocycles. The fraction of sp³-hybridized carbons (Fsp3) is 0.556. The first kappa shape index (κ1) is 9.83. The van der Waals surface area contributed by atoms with Crippen LogP contribution in [0, 0.1) is 0 Å². The minimum Gasteiger partial charge on any atom is -0.326 e. The molecule has 0 aliphatic carbocycles. The quantitative estimate of drug-likeness (QED) is 0.783. The molecule has 4 nitrogen and oxygen atoms in total. The minimum absolute atomic E-state index is 0.315. The molecule has 1 aromatic heterocycles. The zero-order chi connectivity index (χ0) is 9.97. The van der Waals surface area contributed by atoms with Crippen LogP contribution >= 0.6 is 11.6 Å². The Labute approximate surface area is 88.1 Å². The number of nitrogens with two attached hydrogens (primary N) is 1. The summed E-state index contributed by atoms with van der Waals surface area (Å²) in [6.45, 7) is 2.81. The Balaban J connectivity index is 1.94. The molecule has 5 heteroatoms. The summed E-state index contributed by atoms with van der Waals surface area (Å²) in [4.78, 5) is 2.28. The predicted octanol–water partition coefficient (Wildman–Crippen LogP) is 0.663. The van der Waals surface area contributed by atoms with Crippen molar-refractivity contribution in [3.8, 4) is 0 Å². The number of nitrogens with zero attached hydrogens (tertiary/aromatic N) is 3. The fourth-order valence-corrected chi connectivity index (χ4v) is 1.76. The molecule has 1 unspecified atom stereocenters. The van der Waals surface area contributed by atoms with E-state index in [1.165, 1.54) is 0 Å². The van der Waals surface area contributed by atoms with Crippen molar-refractivity contribution in [1.29, 1.82) is 0 Å². The van der Waals surface area contributed by atoms with Gasteiger partial charge in [0.25, 0.3) is 0 Å². The molecule has 1 fully saturated rings. The molecule has 2 N–H and O–H groups in total. The zero-order valence-corrected chi connectivity index (χ0v) is 8.61. The molecule has 2 heterocycles. The predicted molar refractivity (Wildman–Crippen MR) is 54.9 cm³/mol. The molecule has 1 aliphatic rings. The van der Waals surface area contributed by atoms with Crippen molar-refractivity contribution in [3.63, 3.8) is 0 Å². The topological polar surface area (TPSA) is 55.0 Å². The van der Waals surface area contributed by atoms with E-state index in [0.717, 1.165) is 31.7 Å². The normalized spacial score (nSPS) is 22.9. The van der Waals surface area contributed by atoms with Gasteiger partial charge in [0.05, 0.1) is 5.69 Å². The molecule has 1 saturated heterocycles. The van der Waals surface area contributed by atoms with Crippen LogP contribution < -0.4 is 5.73 Å². The smallest absolute Gasteiger partial charge is 0.151 e. The molecule has 2 rings (SSSR count). The van der Waals surface area contributed by atoms with E-state index in [9.17, 15) is 0 Å². The van der Waals surface area contributed by atoms with Gasteiger partial charge >= 0.3 is 0 Å². The highest BCUT2D eigenvalue weighted by molar-refractivity contribution is 6.29. The van der Waals surface area contributed by atoms with Crippen molar-refractivity contribution in [2.24, 2.45) is 5.73 Å². The summed E-state index contributed by atoms with van der Waals surface area (Å²) in [6.07, 6.45) is 1.07. The molecule has 0 bridgehead atoms. The second-order valence-corrected chi connectivity index (χ2v) is 4.02. The SMILES string of the molecule is NC1CCN(Cc2ccc(Cl)nn2)C1. The number of halogens is 1. The summed E-state index contributed by atoms with van der Waals surface area (Å²) in [5.41, 5.74) is 6.75. The second-order valence-electron chi connectivity index (χ2n) is 3.63. The highest BCUT2D eigenvalue weighted by Crippen LogP contribution is 2.11. The van der Waals surface area contributed by atoms with Crippen molar-refractivity contribution >= 4 is 11.6 Å². The van der Waals surface area contributed by atoms with Crippen LogP contribution in [0.5, 0.6) is 0 Å². The fourth-order valence-electron chi connectivity index (χ4n) is 1.66. The highest BCUT2D eigenvalue weighted by Gasteiger charge is 2.19. The van der Waals surface area contributed by atoms with Crippen LogP contribution in [0.4, 0.5) is 0 Å². The van der Waals surface area contributed by atoms with E-state index in [-0.39, 0.29) is 0 Å². The van der Waals surface area contributed by atoms with Crippen LogP contribution in [-0.4, -0.2) is 34.2 Å². The Hall–Kier alpha value is -0.710. The highest BCUT2D eigenvalue weighted by atomic mass is 35.5. The second kappa shape index (κ2) is 4.21. The number of hydrogen-bond donors (Lipinski definition) is 1. The molecule has 0 spiro atoms. The lowest BCUT2D eigenvalue weighted by molar-refractivity contribution is 0.321. The lowest BCUT2D eigenvalue weighted by Crippen LogP contribution is -2.26. The van der Waals surface area contributed by atoms with Crippen LogP contribution in [0.2, 0.25) is 5.15 Å². The van der Waals surface area contributed by atoms with Crippen molar-refractivity contribution < 1.29 is 0 Å². The van der Waals surface area contributed by atoms with Crippen molar-refractivity contribution in [1.82, 2.24) is 15.1 Å². The molecular formula is C9H13ClN4. The van der Waals surface area contributed by atoms with E-state index in [4.69, 9.17) is 17.3 Å². The van der Waals surface area contributed by atoms with Gasteiger partial charge in [-0.1, -0.05) is 11.6 Å². The summed E-state index contributed by atoms with van der Waals surface area (Å²) in [6, 6.07) is 3.98. The average molecular weight is 213 g/mol. The monoisotopic (exact) mass is 212 g/mol. The molecular weight excluding hydrogens is 200 g/mol. The van der Waals surface area contributed by atoms with Gasteiger partial charge in [-0.15, -0.1) is 5.10 Å². The average Bonchev–Trinajstić information content (AvgIpc) is 2.56. The summed E-state index contributed by atoms with van der Waals surface area (Å²) in [5.74, 6) is 0. The lowest BCUT2D eigenvalue weighted by atomic mass is 10.3. The summed E-state index contributed by atoms with van der Waals surface area (Å²) in [5, 5.41) is 8.24. The third kappa shape index (κ3) is 2.41. The Morgan fingerprint density at radius 1 is 1.50 bits per heavy atom. The summed E-state index contributed by atoms with van der Waals surface area (Å²) >= 11 is 5.64. The van der Waals surface area contributed by atoms with Crippen LogP contribution in [0.3, 0.4) is 0 Å². The molecule has 1 aromatic rings. The van der Waals surface area contributed by atoms with Gasteiger partial charge in [-0.25, -0.2) is 0 Å². The van der Waals surface area contributed by atoms with E-state index in [1.807, 2.05) is 6.07 Å². The molecule has 14 heavy (non-hydrogen) atoms. The summed E-state index contributed by atoms with van der Waals surface area (Å²) in [7, 11) is 0. The molecule has 0 amide bonds. The number of hydrogen-bond acceptors (Lipinski definition) is 4. The van der Waals surface area contributed by atoms with Gasteiger partial charge in [0.15, 0.2) is 5.15 Å². The minimum atomic E-state index is 0.315. The van der Waals surface area contributed by atoms with Gasteiger partial charge in [0.1, 0.15) is 0 Å². The van der Waals surface area contributed by atoms with Gasteiger partial charge in [-0.3, -0.25) is 4.90 Å². The van der Waals surface area contributed by atoms with Gasteiger partial charge in [-0.05, 0) is 18.6 Å². The maximum Gasteiger partial charge on any atom is 0.151 e. The number of likely N-dealkylation sites (tertiary alicyclic amines) is 1. The Kier molecular flexibility index (Phi) is 2.96. The van der Waals surface area contributed by atoms with Gasteiger partial charge < -0.3 is 5.73 Å². The first-order valence-electron chi connectivity index (χ1n) is 4.70. The van der Waals surface area contributed by atoms with E-state index >= 15 is 0 Å². The van der Waals surface area contributed by atoms with Crippen LogP contribution in [-0.2, 0) is 6.54 Å². The zero-order valence-electron chi connectivity index (χ0n) is 7.86. The van der Waals surface area contributed by atoms with Crippen molar-refractivity contribution in [3.05, 3.63) is 23.0 Å². The molecule has 76 valence electrons. The number of rotatable bonds is 2. The van der Waals surface area contributed by atoms with Crippen LogP contribution in [0.15, 0.2) is 12.1 Å². The molecule has 0 aromatic carbocycles. The van der Waals surface area contributed by atoms with Crippen molar-refractivity contribution in [2.75, 3.05) is 13.1 Å². The molecule has 0 saturated carbocycles. The third-order valence-electron chi connectivity index (χ3n) is 2.38. The Bertz CT molecular complexity index is 300. The molecule has 0 radical (unpaired) electrons. The van der Waals surface area contributed by atoms with Gasteiger partial charge in [0, 0.05) is 25.7 Å². The first-order chi connectivity index (χ1) is 6.74. The maximum atomic E-state index is 5.80. The van der Waals surface area contributed by atoms with E-state index in [2.05, 4.69) is 15.1 Å². The van der Waals surface area contributed by atoms with Gasteiger partial charge in [-0.2, -0.15) is 5.10 Å². The lowest BCUT2D eigenvalue weighted by Gasteiger charge is -2.13. The number of aromatic nitrogens is 2. The molecule has 1 atom stereocenters. The maximum absolute atomic E-state index is 5.80. The van der Waals surface area contributed by atoms with Crippen LogP contribution in [0.1, 0.15) is 12.1 Å². The van der Waals surface area contributed by atoms with E-state index in [1.54, 1.807) is 6.07 Å². The third-order valence-corrected chi connectivity index (χ3v) is 2.58. The van der Waals surface area contributed by atoms with Crippen LogP contribution in [0.25, 0.3) is 0 Å². The van der Waals surface area contributed by atoms with Crippen molar-refractivity contribution in [2.45, 2.75) is 19.0 Å². The summed E-state index contributed by atoms with van der Waals surface area (Å²) < 4.78 is 0.